The fourth-order valence-corrected chi connectivity index (χ4v) is 3.18. The third-order valence-electron chi connectivity index (χ3n) is 3.16. The molecule has 1 saturated heterocycles. The molecule has 1 aliphatic heterocycles. The van der Waals surface area contributed by atoms with Crippen molar-refractivity contribution < 1.29 is 17.9 Å². The van der Waals surface area contributed by atoms with Crippen molar-refractivity contribution in [2.45, 2.75) is 19.9 Å². The van der Waals surface area contributed by atoms with Crippen LogP contribution in [0.15, 0.2) is 0 Å². The summed E-state index contributed by atoms with van der Waals surface area (Å²) in [6.07, 6.45) is 1.12. The van der Waals surface area contributed by atoms with Gasteiger partial charge in [0.2, 0.25) is 15.9 Å². The van der Waals surface area contributed by atoms with Crippen molar-refractivity contribution in [3.05, 3.63) is 0 Å². The maximum absolute atomic E-state index is 11.8. The molecule has 0 atom stereocenters. The molecule has 0 unspecified atom stereocenters. The Bertz CT molecular complexity index is 405. The summed E-state index contributed by atoms with van der Waals surface area (Å²) >= 11 is 0. The second-order valence-electron chi connectivity index (χ2n) is 5.21. The predicted octanol–water partition coefficient (Wildman–Crippen LogP) is -0.895. The first-order valence-corrected chi connectivity index (χ1v) is 8.69. The van der Waals surface area contributed by atoms with Crippen LogP contribution in [0.25, 0.3) is 0 Å². The van der Waals surface area contributed by atoms with Gasteiger partial charge >= 0.3 is 0 Å². The number of morpholine rings is 1. The molecule has 1 fully saturated rings. The second-order valence-corrected chi connectivity index (χ2v) is 7.14. The average Bonchev–Trinajstić information content (AvgIpc) is 2.35. The molecule has 0 spiro atoms. The number of rotatable bonds is 7. The minimum absolute atomic E-state index is 0.125. The van der Waals surface area contributed by atoms with Gasteiger partial charge in [-0.15, -0.1) is 0 Å². The summed E-state index contributed by atoms with van der Waals surface area (Å²) in [4.78, 5) is 14.0. The van der Waals surface area contributed by atoms with E-state index >= 15 is 0 Å². The molecule has 7 nitrogen and oxygen atoms in total. The molecule has 8 heteroatoms. The Kier molecular flexibility index (Phi) is 6.87. The molecule has 1 heterocycles. The fourth-order valence-electron chi connectivity index (χ4n) is 2.06. The van der Waals surface area contributed by atoms with Crippen LogP contribution < -0.4 is 5.32 Å². The standard InChI is InChI=1S/C12H25N3O4S/c1-11(2)15(20(3,17)18)10-12(16)13-4-5-14-6-8-19-9-7-14/h11H,4-10H2,1-3H3,(H,13,16). The van der Waals surface area contributed by atoms with E-state index in [1.54, 1.807) is 13.8 Å². The number of sulfonamides is 1. The van der Waals surface area contributed by atoms with Gasteiger partial charge in [0, 0.05) is 32.2 Å². The van der Waals surface area contributed by atoms with Gasteiger partial charge in [0.05, 0.1) is 26.0 Å². The number of nitrogens with one attached hydrogen (secondary N) is 1. The van der Waals surface area contributed by atoms with Gasteiger partial charge in [-0.3, -0.25) is 9.69 Å². The molecule has 0 bridgehead atoms. The Labute approximate surface area is 121 Å². The van der Waals surface area contributed by atoms with Gasteiger partial charge in [0.15, 0.2) is 0 Å². The molecule has 0 radical (unpaired) electrons. The molecule has 1 N–H and O–H groups in total. The van der Waals surface area contributed by atoms with E-state index in [1.807, 2.05) is 0 Å². The van der Waals surface area contributed by atoms with Crippen LogP contribution in [-0.4, -0.2) is 81.8 Å². The minimum atomic E-state index is -3.36. The van der Waals surface area contributed by atoms with Gasteiger partial charge < -0.3 is 10.1 Å². The number of carbonyl (C=O) groups excluding carboxylic acids is 1. The van der Waals surface area contributed by atoms with E-state index < -0.39 is 10.0 Å². The summed E-state index contributed by atoms with van der Waals surface area (Å²) in [5.74, 6) is -0.266. The van der Waals surface area contributed by atoms with Gasteiger partial charge in [-0.1, -0.05) is 0 Å². The van der Waals surface area contributed by atoms with Gasteiger partial charge in [-0.25, -0.2) is 8.42 Å². The van der Waals surface area contributed by atoms with Gasteiger partial charge in [-0.05, 0) is 13.8 Å². The molecule has 118 valence electrons. The monoisotopic (exact) mass is 307 g/mol. The Balaban J connectivity index is 2.31. The molecule has 0 aromatic heterocycles. The van der Waals surface area contributed by atoms with Crippen LogP contribution in [0, 0.1) is 0 Å². The van der Waals surface area contributed by atoms with Crippen molar-refractivity contribution >= 4 is 15.9 Å². The molecular formula is C12H25N3O4S. The summed E-state index contributed by atoms with van der Waals surface area (Å²) in [6, 6.07) is -0.227. The van der Waals surface area contributed by atoms with Gasteiger partial charge in [0.1, 0.15) is 0 Å². The molecule has 20 heavy (non-hydrogen) atoms. The fraction of sp³-hybridized carbons (Fsp3) is 0.917. The van der Waals surface area contributed by atoms with Crippen LogP contribution >= 0.6 is 0 Å². The first kappa shape index (κ1) is 17.4. The van der Waals surface area contributed by atoms with Gasteiger partial charge in [0.25, 0.3) is 0 Å². The van der Waals surface area contributed by atoms with Crippen LogP contribution in [-0.2, 0) is 19.6 Å². The average molecular weight is 307 g/mol. The molecule has 0 saturated carbocycles. The molecule has 1 amide bonds. The van der Waals surface area contributed by atoms with Crippen LogP contribution in [0.2, 0.25) is 0 Å². The number of carbonyl (C=O) groups is 1. The topological polar surface area (TPSA) is 79.0 Å². The van der Waals surface area contributed by atoms with Crippen LogP contribution in [0.5, 0.6) is 0 Å². The van der Waals surface area contributed by atoms with Crippen molar-refractivity contribution in [3.63, 3.8) is 0 Å². The maximum Gasteiger partial charge on any atom is 0.235 e. The van der Waals surface area contributed by atoms with E-state index in [4.69, 9.17) is 4.74 Å². The molecular weight excluding hydrogens is 282 g/mol. The van der Waals surface area contributed by atoms with Crippen molar-refractivity contribution in [3.8, 4) is 0 Å². The van der Waals surface area contributed by atoms with E-state index in [0.717, 1.165) is 39.1 Å². The summed E-state index contributed by atoms with van der Waals surface area (Å²) in [6.45, 7) is 7.86. The zero-order chi connectivity index (χ0) is 15.2. The van der Waals surface area contributed by atoms with Crippen LogP contribution in [0.3, 0.4) is 0 Å². The lowest BCUT2D eigenvalue weighted by molar-refractivity contribution is -0.121. The minimum Gasteiger partial charge on any atom is -0.379 e. The number of hydrogen-bond acceptors (Lipinski definition) is 5. The smallest absolute Gasteiger partial charge is 0.235 e. The third kappa shape index (κ3) is 6.17. The maximum atomic E-state index is 11.8. The molecule has 1 rings (SSSR count). The number of hydrogen-bond donors (Lipinski definition) is 1. The summed E-state index contributed by atoms with van der Waals surface area (Å²) in [7, 11) is -3.36. The summed E-state index contributed by atoms with van der Waals surface area (Å²) < 4.78 is 29.5. The second kappa shape index (κ2) is 7.92. The molecule has 0 aliphatic carbocycles. The highest BCUT2D eigenvalue weighted by Gasteiger charge is 2.22. The quantitative estimate of drug-likeness (QED) is 0.660. The van der Waals surface area contributed by atoms with E-state index in [1.165, 1.54) is 4.31 Å². The lowest BCUT2D eigenvalue weighted by Gasteiger charge is -2.27. The van der Waals surface area contributed by atoms with Crippen molar-refractivity contribution in [2.24, 2.45) is 0 Å². The normalized spacial score (nSPS) is 17.6. The number of amides is 1. The zero-order valence-electron chi connectivity index (χ0n) is 12.5. The summed E-state index contributed by atoms with van der Waals surface area (Å²) in [5.41, 5.74) is 0. The van der Waals surface area contributed by atoms with Crippen LogP contribution in [0.4, 0.5) is 0 Å². The van der Waals surface area contributed by atoms with E-state index in [-0.39, 0.29) is 18.5 Å². The van der Waals surface area contributed by atoms with Crippen molar-refractivity contribution in [1.29, 1.82) is 0 Å². The van der Waals surface area contributed by atoms with Crippen molar-refractivity contribution in [2.75, 3.05) is 52.2 Å². The number of ether oxygens (including phenoxy) is 1. The molecule has 0 aromatic rings. The highest BCUT2D eigenvalue weighted by molar-refractivity contribution is 7.88. The highest BCUT2D eigenvalue weighted by atomic mass is 32.2. The van der Waals surface area contributed by atoms with Crippen molar-refractivity contribution in [1.82, 2.24) is 14.5 Å². The van der Waals surface area contributed by atoms with Crippen LogP contribution in [0.1, 0.15) is 13.8 Å². The first-order chi connectivity index (χ1) is 9.30. The van der Waals surface area contributed by atoms with E-state index in [0.29, 0.717) is 6.54 Å². The Morgan fingerprint density at radius 1 is 1.35 bits per heavy atom. The van der Waals surface area contributed by atoms with Gasteiger partial charge in [-0.2, -0.15) is 4.31 Å². The zero-order valence-corrected chi connectivity index (χ0v) is 13.3. The molecule has 0 aromatic carbocycles. The lowest BCUT2D eigenvalue weighted by Crippen LogP contribution is -2.46. The third-order valence-corrected chi connectivity index (χ3v) is 4.56. The summed E-state index contributed by atoms with van der Waals surface area (Å²) in [5, 5.41) is 2.76. The Hall–Kier alpha value is -0.700. The SMILES string of the molecule is CC(C)N(CC(=O)NCCN1CCOCC1)S(C)(=O)=O. The Morgan fingerprint density at radius 2 is 1.95 bits per heavy atom. The predicted molar refractivity (Wildman–Crippen MR) is 77.0 cm³/mol. The number of nitrogens with zero attached hydrogens (tertiary/aromatic N) is 2. The van der Waals surface area contributed by atoms with E-state index in [9.17, 15) is 13.2 Å². The Morgan fingerprint density at radius 3 is 2.45 bits per heavy atom. The highest BCUT2D eigenvalue weighted by Crippen LogP contribution is 2.04. The first-order valence-electron chi connectivity index (χ1n) is 6.84. The lowest BCUT2D eigenvalue weighted by atomic mass is 10.4. The molecule has 1 aliphatic rings. The van der Waals surface area contributed by atoms with E-state index in [2.05, 4.69) is 10.2 Å². The largest absolute Gasteiger partial charge is 0.379 e.